The third-order valence-corrected chi connectivity index (χ3v) is 4.13. The van der Waals surface area contributed by atoms with Gasteiger partial charge in [-0.1, -0.05) is 19.1 Å². The zero-order chi connectivity index (χ0) is 15.9. The average molecular weight is 321 g/mol. The van der Waals surface area contributed by atoms with Gasteiger partial charge in [0.1, 0.15) is 0 Å². The number of carbonyl (C=O) groups excluding carboxylic acids is 1. The second kappa shape index (κ2) is 7.94. The number of halogens is 2. The minimum absolute atomic E-state index is 0.0978. The molecular weight excluding hydrogens is 304 g/mol. The zero-order valence-electron chi connectivity index (χ0n) is 12.2. The Balaban J connectivity index is 1.78. The van der Waals surface area contributed by atoms with E-state index in [4.69, 9.17) is 0 Å². The summed E-state index contributed by atoms with van der Waals surface area (Å²) in [5.41, 5.74) is 1.98. The van der Waals surface area contributed by atoms with Crippen LogP contribution < -0.4 is 5.32 Å². The van der Waals surface area contributed by atoms with Crippen LogP contribution in [-0.4, -0.2) is 11.7 Å². The summed E-state index contributed by atoms with van der Waals surface area (Å²) in [6, 6.07) is 11.4. The van der Waals surface area contributed by atoms with Gasteiger partial charge in [0.2, 0.25) is 5.91 Å². The van der Waals surface area contributed by atoms with Gasteiger partial charge in [0.05, 0.1) is 0 Å². The molecule has 2 aromatic rings. The van der Waals surface area contributed by atoms with E-state index in [-0.39, 0.29) is 5.91 Å². The molecule has 0 radical (unpaired) electrons. The average Bonchev–Trinajstić information content (AvgIpc) is 2.51. The van der Waals surface area contributed by atoms with Crippen LogP contribution in [0.4, 0.5) is 14.5 Å². The second-order valence-corrected chi connectivity index (χ2v) is 5.94. The summed E-state index contributed by atoms with van der Waals surface area (Å²) in [5.74, 6) is -1.33. The molecule has 0 bridgehead atoms. The normalized spacial score (nSPS) is 10.5. The molecule has 0 fully saturated rings. The number of hydrogen-bond acceptors (Lipinski definition) is 2. The van der Waals surface area contributed by atoms with Gasteiger partial charge in [0.15, 0.2) is 11.6 Å². The van der Waals surface area contributed by atoms with Crippen molar-refractivity contribution in [1.82, 2.24) is 0 Å². The van der Waals surface area contributed by atoms with Crippen LogP contribution in [0.3, 0.4) is 0 Å². The first-order valence-corrected chi connectivity index (χ1v) is 8.03. The number of hydrogen-bond donors (Lipinski definition) is 1. The Morgan fingerprint density at radius 1 is 1.09 bits per heavy atom. The molecule has 0 unspecified atom stereocenters. The molecule has 0 atom stereocenters. The summed E-state index contributed by atoms with van der Waals surface area (Å²) in [4.78, 5) is 12.4. The highest BCUT2D eigenvalue weighted by Crippen LogP contribution is 2.21. The number of thioether (sulfide) groups is 1. The molecule has 2 nitrogen and oxygen atoms in total. The molecule has 0 spiro atoms. The van der Waals surface area contributed by atoms with Crippen molar-refractivity contribution >= 4 is 23.4 Å². The molecule has 0 aliphatic heterocycles. The summed E-state index contributed by atoms with van der Waals surface area (Å²) < 4.78 is 25.8. The predicted octanol–water partition coefficient (Wildman–Crippen LogP) is 4.65. The highest BCUT2D eigenvalue weighted by Gasteiger charge is 2.06. The highest BCUT2D eigenvalue weighted by molar-refractivity contribution is 7.99. The van der Waals surface area contributed by atoms with Crippen LogP contribution in [0.25, 0.3) is 0 Å². The van der Waals surface area contributed by atoms with E-state index >= 15 is 0 Å². The summed E-state index contributed by atoms with van der Waals surface area (Å²) in [7, 11) is 0. The molecule has 1 N–H and O–H groups in total. The van der Waals surface area contributed by atoms with Crippen molar-refractivity contribution in [3.8, 4) is 0 Å². The van der Waals surface area contributed by atoms with Gasteiger partial charge >= 0.3 is 0 Å². The fraction of sp³-hybridized carbons (Fsp3) is 0.235. The molecule has 2 rings (SSSR count). The number of amides is 1. The fourth-order valence-electron chi connectivity index (χ4n) is 1.88. The van der Waals surface area contributed by atoms with Crippen molar-refractivity contribution in [2.45, 2.75) is 24.7 Å². The quantitative estimate of drug-likeness (QED) is 0.785. The third-order valence-electron chi connectivity index (χ3n) is 3.13. The van der Waals surface area contributed by atoms with Crippen molar-refractivity contribution in [1.29, 1.82) is 0 Å². The van der Waals surface area contributed by atoms with Crippen molar-refractivity contribution in [3.63, 3.8) is 0 Å². The lowest BCUT2D eigenvalue weighted by Crippen LogP contribution is -2.12. The molecule has 5 heteroatoms. The van der Waals surface area contributed by atoms with Crippen LogP contribution in [0.15, 0.2) is 47.4 Å². The number of aryl methyl sites for hydroxylation is 1. The molecule has 116 valence electrons. The summed E-state index contributed by atoms with van der Waals surface area (Å²) >= 11 is 1.32. The van der Waals surface area contributed by atoms with Crippen LogP contribution in [0.1, 0.15) is 18.9 Å². The Bertz CT molecular complexity index is 644. The lowest BCUT2D eigenvalue weighted by Gasteiger charge is -2.06. The second-order valence-electron chi connectivity index (χ2n) is 4.77. The van der Waals surface area contributed by atoms with E-state index in [1.165, 1.54) is 23.4 Å². The van der Waals surface area contributed by atoms with Gasteiger partial charge in [-0.2, -0.15) is 0 Å². The van der Waals surface area contributed by atoms with Gasteiger partial charge in [-0.3, -0.25) is 4.79 Å². The predicted molar refractivity (Wildman–Crippen MR) is 86.1 cm³/mol. The lowest BCUT2D eigenvalue weighted by atomic mass is 10.1. The molecule has 0 saturated carbocycles. The molecule has 22 heavy (non-hydrogen) atoms. The molecule has 2 aromatic carbocycles. The highest BCUT2D eigenvalue weighted by atomic mass is 32.2. The minimum Gasteiger partial charge on any atom is -0.326 e. The van der Waals surface area contributed by atoms with Gasteiger partial charge < -0.3 is 5.32 Å². The molecular formula is C17H17F2NOS. The standard InChI is InChI=1S/C17H17F2NOS/c1-2-12-3-5-13(6-4-12)20-17(21)9-10-22-14-7-8-15(18)16(19)11-14/h3-8,11H,2,9-10H2,1H3,(H,20,21). The SMILES string of the molecule is CCc1ccc(NC(=O)CCSc2ccc(F)c(F)c2)cc1. The first kappa shape index (κ1) is 16.5. The molecule has 0 saturated heterocycles. The van der Waals surface area contributed by atoms with E-state index < -0.39 is 11.6 Å². The van der Waals surface area contributed by atoms with E-state index in [1.807, 2.05) is 24.3 Å². The van der Waals surface area contributed by atoms with Gasteiger partial charge in [-0.15, -0.1) is 11.8 Å². The van der Waals surface area contributed by atoms with E-state index in [1.54, 1.807) is 0 Å². The summed E-state index contributed by atoms with van der Waals surface area (Å²) in [5, 5.41) is 2.81. The van der Waals surface area contributed by atoms with Crippen LogP contribution in [-0.2, 0) is 11.2 Å². The Labute approximate surface area is 132 Å². The van der Waals surface area contributed by atoms with E-state index in [9.17, 15) is 13.6 Å². The smallest absolute Gasteiger partial charge is 0.225 e. The largest absolute Gasteiger partial charge is 0.326 e. The van der Waals surface area contributed by atoms with Gasteiger partial charge in [0.25, 0.3) is 0 Å². The summed E-state index contributed by atoms with van der Waals surface area (Å²) in [6.07, 6.45) is 1.26. The lowest BCUT2D eigenvalue weighted by molar-refractivity contribution is -0.115. The Morgan fingerprint density at radius 3 is 2.45 bits per heavy atom. The van der Waals surface area contributed by atoms with Gasteiger partial charge in [-0.25, -0.2) is 8.78 Å². The Morgan fingerprint density at radius 2 is 1.82 bits per heavy atom. The van der Waals surface area contributed by atoms with Crippen molar-refractivity contribution in [3.05, 3.63) is 59.7 Å². The van der Waals surface area contributed by atoms with Crippen LogP contribution in [0.5, 0.6) is 0 Å². The maximum Gasteiger partial charge on any atom is 0.225 e. The molecule has 0 aliphatic carbocycles. The summed E-state index contributed by atoms with van der Waals surface area (Å²) in [6.45, 7) is 2.07. The van der Waals surface area contributed by atoms with Crippen LogP contribution in [0.2, 0.25) is 0 Å². The topological polar surface area (TPSA) is 29.1 Å². The fourth-order valence-corrected chi connectivity index (χ4v) is 2.75. The van der Waals surface area contributed by atoms with Crippen molar-refractivity contribution in [2.75, 3.05) is 11.1 Å². The Hall–Kier alpha value is -1.88. The molecule has 0 aromatic heterocycles. The maximum absolute atomic E-state index is 13.0. The van der Waals surface area contributed by atoms with Crippen LogP contribution >= 0.6 is 11.8 Å². The maximum atomic E-state index is 13.0. The van der Waals surface area contributed by atoms with Crippen LogP contribution in [0, 0.1) is 11.6 Å². The van der Waals surface area contributed by atoms with E-state index in [0.717, 1.165) is 24.2 Å². The van der Waals surface area contributed by atoms with Crippen molar-refractivity contribution in [2.24, 2.45) is 0 Å². The van der Waals surface area contributed by atoms with E-state index in [2.05, 4.69) is 12.2 Å². The monoisotopic (exact) mass is 321 g/mol. The first-order chi connectivity index (χ1) is 10.6. The third kappa shape index (κ3) is 4.84. The van der Waals surface area contributed by atoms with Gasteiger partial charge in [0, 0.05) is 22.8 Å². The first-order valence-electron chi connectivity index (χ1n) is 7.05. The Kier molecular flexibility index (Phi) is 5.95. The number of rotatable bonds is 6. The molecule has 0 heterocycles. The molecule has 0 aliphatic rings. The molecule has 1 amide bonds. The minimum atomic E-state index is -0.870. The number of carbonyl (C=O) groups is 1. The van der Waals surface area contributed by atoms with Crippen molar-refractivity contribution < 1.29 is 13.6 Å². The number of nitrogens with one attached hydrogen (secondary N) is 1. The van der Waals surface area contributed by atoms with Gasteiger partial charge in [-0.05, 0) is 42.3 Å². The zero-order valence-corrected chi connectivity index (χ0v) is 13.1. The number of benzene rings is 2. The van der Waals surface area contributed by atoms with E-state index in [0.29, 0.717) is 17.1 Å². The number of anilines is 1.